The fourth-order valence-corrected chi connectivity index (χ4v) is 4.39. The number of rotatable bonds is 4. The molecule has 0 aliphatic carbocycles. The van der Waals surface area contributed by atoms with E-state index in [2.05, 4.69) is 5.32 Å². The van der Waals surface area contributed by atoms with Crippen LogP contribution in [0, 0.1) is 6.92 Å². The van der Waals surface area contributed by atoms with Gasteiger partial charge in [0.15, 0.2) is 0 Å². The number of benzene rings is 3. The summed E-state index contributed by atoms with van der Waals surface area (Å²) < 4.78 is 5.95. The van der Waals surface area contributed by atoms with Crippen molar-refractivity contribution in [2.24, 2.45) is 0 Å². The number of nitrogens with zero attached hydrogens (tertiary/aromatic N) is 1. The highest BCUT2D eigenvalue weighted by Gasteiger charge is 2.31. The summed E-state index contributed by atoms with van der Waals surface area (Å²) in [5, 5.41) is 2.98. The van der Waals surface area contributed by atoms with E-state index in [4.69, 9.17) is 4.74 Å². The molecule has 1 N–H and O–H groups in total. The van der Waals surface area contributed by atoms with E-state index in [1.165, 1.54) is 5.56 Å². The SMILES string of the molecule is Cc1ccc(NC(=O)N2CCS[C@@H]2c2cccc(Oc3ccccc3)c2)cc1. The molecule has 1 heterocycles. The van der Waals surface area contributed by atoms with Gasteiger partial charge in [-0.15, -0.1) is 11.8 Å². The number of aryl methyl sites for hydroxylation is 1. The Kier molecular flexibility index (Phi) is 5.53. The largest absolute Gasteiger partial charge is 0.457 e. The number of ether oxygens (including phenoxy) is 1. The molecule has 1 aliphatic rings. The van der Waals surface area contributed by atoms with Crippen molar-refractivity contribution >= 4 is 23.5 Å². The van der Waals surface area contributed by atoms with Gasteiger partial charge in [0.05, 0.1) is 0 Å². The van der Waals surface area contributed by atoms with E-state index in [-0.39, 0.29) is 11.4 Å². The molecule has 3 aromatic rings. The molecule has 3 aromatic carbocycles. The van der Waals surface area contributed by atoms with Gasteiger partial charge in [-0.25, -0.2) is 4.79 Å². The van der Waals surface area contributed by atoms with Crippen LogP contribution >= 0.6 is 11.8 Å². The summed E-state index contributed by atoms with van der Waals surface area (Å²) in [6.45, 7) is 2.75. The van der Waals surface area contributed by atoms with Gasteiger partial charge in [-0.1, -0.05) is 48.0 Å². The molecular weight excluding hydrogens is 368 g/mol. The predicted molar refractivity (Wildman–Crippen MR) is 115 cm³/mol. The Morgan fingerprint density at radius 1 is 1.00 bits per heavy atom. The van der Waals surface area contributed by atoms with Gasteiger partial charge in [0.2, 0.25) is 0 Å². The van der Waals surface area contributed by atoms with E-state index in [0.717, 1.165) is 35.0 Å². The Balaban J connectivity index is 1.49. The average molecular weight is 391 g/mol. The maximum absolute atomic E-state index is 12.8. The fraction of sp³-hybridized carbons (Fsp3) is 0.174. The standard InChI is InChI=1S/C23H22N2O2S/c1-17-10-12-19(13-11-17)24-23(26)25-14-15-28-22(25)18-6-5-9-21(16-18)27-20-7-3-2-4-8-20/h2-13,16,22H,14-15H2,1H3,(H,24,26)/t22-/m1/s1. The Hall–Kier alpha value is -2.92. The average Bonchev–Trinajstić information content (AvgIpc) is 3.21. The molecule has 0 saturated carbocycles. The van der Waals surface area contributed by atoms with Crippen LogP contribution in [0.1, 0.15) is 16.5 Å². The third kappa shape index (κ3) is 4.31. The molecule has 0 bridgehead atoms. The molecule has 1 atom stereocenters. The Morgan fingerprint density at radius 3 is 2.54 bits per heavy atom. The Labute approximate surface area is 169 Å². The molecule has 1 fully saturated rings. The van der Waals surface area contributed by atoms with Gasteiger partial charge in [0.25, 0.3) is 0 Å². The number of carbonyl (C=O) groups excluding carboxylic acids is 1. The van der Waals surface area contributed by atoms with Crippen molar-refractivity contribution in [1.82, 2.24) is 4.90 Å². The van der Waals surface area contributed by atoms with Crippen LogP contribution in [0.5, 0.6) is 11.5 Å². The van der Waals surface area contributed by atoms with Crippen molar-refractivity contribution in [1.29, 1.82) is 0 Å². The molecule has 0 spiro atoms. The lowest BCUT2D eigenvalue weighted by Crippen LogP contribution is -2.34. The van der Waals surface area contributed by atoms with Crippen LogP contribution in [0.3, 0.4) is 0 Å². The number of nitrogens with one attached hydrogen (secondary N) is 1. The number of hydrogen-bond acceptors (Lipinski definition) is 3. The van der Waals surface area contributed by atoms with Gasteiger partial charge in [-0.3, -0.25) is 0 Å². The van der Waals surface area contributed by atoms with Crippen molar-refractivity contribution in [2.75, 3.05) is 17.6 Å². The number of para-hydroxylation sites is 1. The van der Waals surface area contributed by atoms with Gasteiger partial charge in [-0.2, -0.15) is 0 Å². The number of hydrogen-bond donors (Lipinski definition) is 1. The monoisotopic (exact) mass is 390 g/mol. The first-order valence-electron chi connectivity index (χ1n) is 9.28. The molecule has 1 aliphatic heterocycles. The van der Waals surface area contributed by atoms with Crippen molar-refractivity contribution in [2.45, 2.75) is 12.3 Å². The summed E-state index contributed by atoms with van der Waals surface area (Å²) in [4.78, 5) is 14.7. The first-order valence-corrected chi connectivity index (χ1v) is 10.3. The van der Waals surface area contributed by atoms with E-state index >= 15 is 0 Å². The van der Waals surface area contributed by atoms with Crippen molar-refractivity contribution in [3.63, 3.8) is 0 Å². The Bertz CT molecular complexity index is 944. The van der Waals surface area contributed by atoms with Crippen LogP contribution in [0.2, 0.25) is 0 Å². The summed E-state index contributed by atoms with van der Waals surface area (Å²) in [6, 6.07) is 25.5. The van der Waals surface area contributed by atoms with E-state index in [1.54, 1.807) is 11.8 Å². The molecule has 4 rings (SSSR count). The van der Waals surface area contributed by atoms with Crippen molar-refractivity contribution in [3.05, 3.63) is 90.0 Å². The van der Waals surface area contributed by atoms with E-state index in [9.17, 15) is 4.79 Å². The lowest BCUT2D eigenvalue weighted by Gasteiger charge is -2.24. The predicted octanol–water partition coefficient (Wildman–Crippen LogP) is 6.07. The third-order valence-corrected chi connectivity index (χ3v) is 5.84. The minimum atomic E-state index is -0.0757. The molecule has 28 heavy (non-hydrogen) atoms. The summed E-state index contributed by atoms with van der Waals surface area (Å²) in [5.74, 6) is 2.48. The van der Waals surface area contributed by atoms with Crippen LogP contribution < -0.4 is 10.1 Å². The number of carbonyl (C=O) groups is 1. The first-order chi connectivity index (χ1) is 13.7. The fourth-order valence-electron chi connectivity index (χ4n) is 3.14. The molecule has 0 radical (unpaired) electrons. The highest BCUT2D eigenvalue weighted by Crippen LogP contribution is 2.39. The van der Waals surface area contributed by atoms with E-state index < -0.39 is 0 Å². The van der Waals surface area contributed by atoms with Crippen LogP contribution in [0.15, 0.2) is 78.9 Å². The van der Waals surface area contributed by atoms with Crippen LogP contribution in [0.25, 0.3) is 0 Å². The molecule has 5 heteroatoms. The zero-order valence-electron chi connectivity index (χ0n) is 15.7. The van der Waals surface area contributed by atoms with Crippen LogP contribution in [0.4, 0.5) is 10.5 Å². The molecule has 0 aromatic heterocycles. The highest BCUT2D eigenvalue weighted by atomic mass is 32.2. The quantitative estimate of drug-likeness (QED) is 0.588. The molecule has 142 valence electrons. The molecule has 1 saturated heterocycles. The van der Waals surface area contributed by atoms with E-state index in [1.807, 2.05) is 90.7 Å². The summed E-state index contributed by atoms with van der Waals surface area (Å²) in [5.41, 5.74) is 3.05. The first kappa shape index (κ1) is 18.4. The lowest BCUT2D eigenvalue weighted by atomic mass is 10.2. The number of urea groups is 1. The lowest BCUT2D eigenvalue weighted by molar-refractivity contribution is 0.214. The minimum absolute atomic E-state index is 0.0234. The number of amides is 2. The van der Waals surface area contributed by atoms with Crippen LogP contribution in [-0.2, 0) is 0 Å². The van der Waals surface area contributed by atoms with Gasteiger partial charge in [0.1, 0.15) is 16.9 Å². The van der Waals surface area contributed by atoms with Crippen LogP contribution in [-0.4, -0.2) is 23.2 Å². The normalized spacial score (nSPS) is 16.0. The second kappa shape index (κ2) is 8.40. The van der Waals surface area contributed by atoms with Gasteiger partial charge < -0.3 is 15.0 Å². The highest BCUT2D eigenvalue weighted by molar-refractivity contribution is 7.99. The maximum atomic E-state index is 12.8. The molecule has 0 unspecified atom stereocenters. The second-order valence-corrected chi connectivity index (χ2v) is 7.89. The third-order valence-electron chi connectivity index (χ3n) is 4.58. The second-order valence-electron chi connectivity index (χ2n) is 6.70. The molecule has 4 nitrogen and oxygen atoms in total. The Morgan fingerprint density at radius 2 is 1.75 bits per heavy atom. The summed E-state index contributed by atoms with van der Waals surface area (Å²) in [7, 11) is 0. The minimum Gasteiger partial charge on any atom is -0.457 e. The smallest absolute Gasteiger partial charge is 0.323 e. The maximum Gasteiger partial charge on any atom is 0.323 e. The topological polar surface area (TPSA) is 41.6 Å². The molecular formula is C23H22N2O2S. The summed E-state index contributed by atoms with van der Waals surface area (Å²) >= 11 is 1.77. The number of anilines is 1. The van der Waals surface area contributed by atoms with Gasteiger partial charge in [0, 0.05) is 18.0 Å². The summed E-state index contributed by atoms with van der Waals surface area (Å²) in [6.07, 6.45) is 0. The van der Waals surface area contributed by atoms with E-state index in [0.29, 0.717) is 0 Å². The zero-order valence-corrected chi connectivity index (χ0v) is 16.5. The van der Waals surface area contributed by atoms with Crippen molar-refractivity contribution in [3.8, 4) is 11.5 Å². The van der Waals surface area contributed by atoms with Gasteiger partial charge in [-0.05, 0) is 48.9 Å². The zero-order chi connectivity index (χ0) is 19.3. The van der Waals surface area contributed by atoms with Crippen molar-refractivity contribution < 1.29 is 9.53 Å². The molecule has 2 amide bonds. The van der Waals surface area contributed by atoms with Gasteiger partial charge >= 0.3 is 6.03 Å². The number of thioether (sulfide) groups is 1.